The highest BCUT2D eigenvalue weighted by atomic mass is 79.9. The Kier molecular flexibility index (Phi) is 6.71. The van der Waals surface area contributed by atoms with Crippen LogP contribution < -0.4 is 15.5 Å². The molecule has 2 rings (SSSR count). The molecule has 0 bridgehead atoms. The van der Waals surface area contributed by atoms with E-state index in [4.69, 9.17) is 4.74 Å². The minimum Gasteiger partial charge on any atom is -0.496 e. The van der Waals surface area contributed by atoms with Gasteiger partial charge in [-0.3, -0.25) is 9.59 Å². The van der Waals surface area contributed by atoms with Gasteiger partial charge < -0.3 is 10.1 Å². The van der Waals surface area contributed by atoms with Crippen LogP contribution in [0.3, 0.4) is 0 Å². The zero-order valence-corrected chi connectivity index (χ0v) is 15.5. The van der Waals surface area contributed by atoms with Gasteiger partial charge in [0.1, 0.15) is 5.75 Å². The fourth-order valence-electron chi connectivity index (χ4n) is 2.10. The van der Waals surface area contributed by atoms with Crippen molar-refractivity contribution in [2.24, 2.45) is 5.10 Å². The van der Waals surface area contributed by atoms with Crippen molar-refractivity contribution in [3.05, 3.63) is 63.6 Å². The maximum atomic E-state index is 12.0. The van der Waals surface area contributed by atoms with Crippen molar-refractivity contribution >= 4 is 34.0 Å². The zero-order valence-electron chi connectivity index (χ0n) is 13.9. The summed E-state index contributed by atoms with van der Waals surface area (Å²) in [6, 6.07) is 12.6. The first kappa shape index (κ1) is 18.7. The van der Waals surface area contributed by atoms with E-state index < -0.39 is 5.91 Å². The number of carbonyl (C=O) groups excluding carboxylic acids is 2. The topological polar surface area (TPSA) is 79.8 Å². The van der Waals surface area contributed by atoms with E-state index in [0.29, 0.717) is 16.9 Å². The number of hydrogen-bond donors (Lipinski definition) is 2. The third-order valence-corrected chi connectivity index (χ3v) is 3.88. The molecule has 0 fully saturated rings. The van der Waals surface area contributed by atoms with Gasteiger partial charge in [0.05, 0.1) is 19.9 Å². The van der Waals surface area contributed by atoms with Gasteiger partial charge in [-0.15, -0.1) is 0 Å². The maximum Gasteiger partial charge on any atom is 0.259 e. The Balaban J connectivity index is 1.88. The Morgan fingerprint density at radius 3 is 2.72 bits per heavy atom. The highest BCUT2D eigenvalue weighted by Crippen LogP contribution is 2.21. The molecule has 0 saturated heterocycles. The molecule has 0 aliphatic carbocycles. The van der Waals surface area contributed by atoms with Gasteiger partial charge in [0.15, 0.2) is 0 Å². The predicted molar refractivity (Wildman–Crippen MR) is 99.9 cm³/mol. The molecule has 130 valence electrons. The molecule has 0 aliphatic heterocycles. The summed E-state index contributed by atoms with van der Waals surface area (Å²) in [7, 11) is 1.56. The van der Waals surface area contributed by atoms with Crippen LogP contribution in [0, 0.1) is 6.92 Å². The zero-order chi connectivity index (χ0) is 18.2. The smallest absolute Gasteiger partial charge is 0.259 e. The van der Waals surface area contributed by atoms with Crippen LogP contribution in [0.25, 0.3) is 0 Å². The molecule has 0 unspecified atom stereocenters. The van der Waals surface area contributed by atoms with Crippen LogP contribution in [0.15, 0.2) is 52.0 Å². The molecule has 0 heterocycles. The second-order valence-electron chi connectivity index (χ2n) is 5.18. The summed E-state index contributed by atoms with van der Waals surface area (Å²) in [5.74, 6) is -0.0907. The molecule has 6 nitrogen and oxygen atoms in total. The number of methoxy groups -OCH3 is 1. The van der Waals surface area contributed by atoms with Crippen LogP contribution in [-0.4, -0.2) is 31.7 Å². The number of hydrazone groups is 1. The summed E-state index contributed by atoms with van der Waals surface area (Å²) in [5.41, 5.74) is 4.46. The molecule has 0 aliphatic rings. The van der Waals surface area contributed by atoms with E-state index in [1.54, 1.807) is 25.3 Å². The number of amides is 2. The van der Waals surface area contributed by atoms with Gasteiger partial charge in [-0.05, 0) is 36.8 Å². The number of hydrogen-bond acceptors (Lipinski definition) is 4. The summed E-state index contributed by atoms with van der Waals surface area (Å²) in [4.78, 5) is 23.8. The lowest BCUT2D eigenvalue weighted by Crippen LogP contribution is -2.35. The molecule has 2 N–H and O–H groups in total. The van der Waals surface area contributed by atoms with E-state index in [0.717, 1.165) is 10.0 Å². The Bertz CT molecular complexity index is 806. The summed E-state index contributed by atoms with van der Waals surface area (Å²) in [6.07, 6.45) is 1.48. The summed E-state index contributed by atoms with van der Waals surface area (Å²) in [5, 5.41) is 6.45. The van der Waals surface area contributed by atoms with E-state index in [2.05, 4.69) is 31.8 Å². The molecule has 2 aromatic carbocycles. The van der Waals surface area contributed by atoms with Crippen molar-refractivity contribution < 1.29 is 14.3 Å². The predicted octanol–water partition coefficient (Wildman–Crippen LogP) is 2.65. The second-order valence-corrected chi connectivity index (χ2v) is 6.09. The first-order valence-electron chi connectivity index (χ1n) is 7.50. The minimum absolute atomic E-state index is 0.167. The van der Waals surface area contributed by atoms with Gasteiger partial charge in [0, 0.05) is 15.6 Å². The van der Waals surface area contributed by atoms with Gasteiger partial charge in [0.2, 0.25) is 0 Å². The van der Waals surface area contributed by atoms with Crippen molar-refractivity contribution in [2.75, 3.05) is 13.7 Å². The first-order chi connectivity index (χ1) is 12.0. The Morgan fingerprint density at radius 1 is 1.24 bits per heavy atom. The molecular weight excluding hydrogens is 386 g/mol. The lowest BCUT2D eigenvalue weighted by atomic mass is 10.1. The highest BCUT2D eigenvalue weighted by molar-refractivity contribution is 9.10. The Labute approximate surface area is 154 Å². The van der Waals surface area contributed by atoms with Crippen molar-refractivity contribution in [3.63, 3.8) is 0 Å². The van der Waals surface area contributed by atoms with Crippen LogP contribution >= 0.6 is 15.9 Å². The number of aryl methyl sites for hydroxylation is 1. The average Bonchev–Trinajstić information content (AvgIpc) is 2.60. The van der Waals surface area contributed by atoms with Crippen molar-refractivity contribution in [1.29, 1.82) is 0 Å². The third kappa shape index (κ3) is 5.42. The first-order valence-corrected chi connectivity index (χ1v) is 8.30. The molecular formula is C18H18BrN3O3. The molecule has 7 heteroatoms. The summed E-state index contributed by atoms with van der Waals surface area (Å²) in [6.45, 7) is 1.67. The number of halogens is 1. The van der Waals surface area contributed by atoms with E-state index in [9.17, 15) is 9.59 Å². The van der Waals surface area contributed by atoms with E-state index in [-0.39, 0.29) is 12.5 Å². The molecule has 2 amide bonds. The highest BCUT2D eigenvalue weighted by Gasteiger charge is 2.09. The molecule has 0 radical (unpaired) electrons. The monoisotopic (exact) mass is 403 g/mol. The van der Waals surface area contributed by atoms with E-state index in [1.807, 2.05) is 31.2 Å². The number of carbonyl (C=O) groups is 2. The van der Waals surface area contributed by atoms with Crippen molar-refractivity contribution in [1.82, 2.24) is 10.7 Å². The molecule has 25 heavy (non-hydrogen) atoms. The number of benzene rings is 2. The minimum atomic E-state index is -0.424. The lowest BCUT2D eigenvalue weighted by Gasteiger charge is -2.07. The summed E-state index contributed by atoms with van der Waals surface area (Å²) >= 11 is 3.36. The van der Waals surface area contributed by atoms with E-state index >= 15 is 0 Å². The van der Waals surface area contributed by atoms with Crippen LogP contribution in [0.4, 0.5) is 0 Å². The van der Waals surface area contributed by atoms with Gasteiger partial charge in [0.25, 0.3) is 11.8 Å². The molecule has 0 spiro atoms. The lowest BCUT2D eigenvalue weighted by molar-refractivity contribution is -0.120. The number of nitrogens with zero attached hydrogens (tertiary/aromatic N) is 1. The average molecular weight is 404 g/mol. The fraction of sp³-hybridized carbons (Fsp3) is 0.167. The number of rotatable bonds is 6. The number of nitrogens with one attached hydrogen (secondary N) is 2. The normalized spacial score (nSPS) is 10.5. The van der Waals surface area contributed by atoms with Crippen molar-refractivity contribution in [3.8, 4) is 5.75 Å². The molecule has 2 aromatic rings. The molecule has 0 aromatic heterocycles. The molecule has 0 saturated carbocycles. The maximum absolute atomic E-state index is 12.0. The van der Waals surface area contributed by atoms with E-state index in [1.165, 1.54) is 6.21 Å². The second kappa shape index (κ2) is 8.98. The van der Waals surface area contributed by atoms with Crippen molar-refractivity contribution in [2.45, 2.75) is 6.92 Å². The summed E-state index contributed by atoms with van der Waals surface area (Å²) < 4.78 is 6.08. The Hall–Kier alpha value is -2.67. The van der Waals surface area contributed by atoms with Crippen LogP contribution in [0.5, 0.6) is 5.75 Å². The van der Waals surface area contributed by atoms with Gasteiger partial charge in [-0.25, -0.2) is 5.43 Å². The molecule has 0 atom stereocenters. The largest absolute Gasteiger partial charge is 0.496 e. The Morgan fingerprint density at radius 2 is 2.00 bits per heavy atom. The van der Waals surface area contributed by atoms with Crippen LogP contribution in [0.2, 0.25) is 0 Å². The van der Waals surface area contributed by atoms with Gasteiger partial charge in [-0.2, -0.15) is 5.10 Å². The third-order valence-electron chi connectivity index (χ3n) is 3.38. The fourth-order valence-corrected chi connectivity index (χ4v) is 2.48. The van der Waals surface area contributed by atoms with Gasteiger partial charge in [-0.1, -0.05) is 34.1 Å². The van der Waals surface area contributed by atoms with Crippen LogP contribution in [-0.2, 0) is 4.79 Å². The SMILES string of the molecule is COc1ccc(Br)cc1/C=N\NC(=O)CNC(=O)c1ccccc1C. The van der Waals surface area contributed by atoms with Gasteiger partial charge >= 0.3 is 0 Å². The standard InChI is InChI=1S/C18H18BrN3O3/c1-12-5-3-4-6-15(12)18(24)20-11-17(23)22-21-10-13-9-14(19)7-8-16(13)25-2/h3-10H,11H2,1-2H3,(H,20,24)(H,22,23)/b21-10-. The quantitative estimate of drug-likeness (QED) is 0.574. The van der Waals surface area contributed by atoms with Crippen LogP contribution in [0.1, 0.15) is 21.5 Å². The number of ether oxygens (including phenoxy) is 1.